The summed E-state index contributed by atoms with van der Waals surface area (Å²) >= 11 is 5.46. The van der Waals surface area contributed by atoms with Crippen LogP contribution in [0.3, 0.4) is 0 Å². The highest BCUT2D eigenvalue weighted by atomic mass is 35.5. The third-order valence-corrected chi connectivity index (χ3v) is 2.37. The van der Waals surface area contributed by atoms with Gasteiger partial charge in [0.1, 0.15) is 5.82 Å². The molecule has 3 nitrogen and oxygen atoms in total. The highest BCUT2D eigenvalue weighted by molar-refractivity contribution is 6.30. The van der Waals surface area contributed by atoms with Crippen LogP contribution < -0.4 is 0 Å². The molecule has 0 bridgehead atoms. The van der Waals surface area contributed by atoms with Crippen molar-refractivity contribution in [3.63, 3.8) is 0 Å². The van der Waals surface area contributed by atoms with Crippen LogP contribution >= 0.6 is 11.6 Å². The van der Waals surface area contributed by atoms with Gasteiger partial charge in [0.25, 0.3) is 0 Å². The normalized spacial score (nSPS) is 12.3. The van der Waals surface area contributed by atoms with E-state index in [0.717, 1.165) is 12.1 Å². The van der Waals surface area contributed by atoms with Crippen LogP contribution in [0.1, 0.15) is 25.0 Å². The number of carbonyl (C=O) groups is 1. The minimum atomic E-state index is -1.62. The Bertz CT molecular complexity index is 423. The van der Waals surface area contributed by atoms with Gasteiger partial charge in [0.2, 0.25) is 0 Å². The van der Waals surface area contributed by atoms with Crippen molar-refractivity contribution in [2.75, 3.05) is 6.61 Å². The zero-order valence-corrected chi connectivity index (χ0v) is 9.80. The molecule has 0 heterocycles. The molecule has 1 aromatic rings. The lowest BCUT2D eigenvalue weighted by atomic mass is 10.1. The van der Waals surface area contributed by atoms with Crippen LogP contribution in [0.5, 0.6) is 0 Å². The molecule has 0 aromatic heterocycles. The molecule has 0 amide bonds. The Hall–Kier alpha value is -1.20. The molecule has 1 aromatic carbocycles. The smallest absolute Gasteiger partial charge is 0.308 e. The first-order chi connectivity index (χ1) is 7.97. The number of halogens is 3. The molecular weight excluding hydrogens is 254 g/mol. The number of hydrogen-bond donors (Lipinski definition) is 1. The van der Waals surface area contributed by atoms with Gasteiger partial charge in [0, 0.05) is 0 Å². The zero-order chi connectivity index (χ0) is 13.0. The van der Waals surface area contributed by atoms with Crippen LogP contribution in [0.15, 0.2) is 12.1 Å². The van der Waals surface area contributed by atoms with E-state index in [1.54, 1.807) is 6.92 Å². The van der Waals surface area contributed by atoms with Gasteiger partial charge in [-0.15, -0.1) is 0 Å². The Morgan fingerprint density at radius 2 is 2.18 bits per heavy atom. The lowest BCUT2D eigenvalue weighted by Crippen LogP contribution is -2.12. The van der Waals surface area contributed by atoms with Gasteiger partial charge < -0.3 is 9.84 Å². The number of hydrogen-bond acceptors (Lipinski definition) is 3. The van der Waals surface area contributed by atoms with Gasteiger partial charge in [-0.3, -0.25) is 4.79 Å². The Labute approximate surface area is 102 Å². The predicted molar refractivity (Wildman–Crippen MR) is 57.6 cm³/mol. The summed E-state index contributed by atoms with van der Waals surface area (Å²) in [4.78, 5) is 11.1. The van der Waals surface area contributed by atoms with Crippen molar-refractivity contribution in [1.29, 1.82) is 0 Å². The molecule has 1 rings (SSSR count). The number of benzene rings is 1. The number of aliphatic hydroxyl groups excluding tert-OH is 1. The molecule has 1 unspecified atom stereocenters. The number of rotatable bonds is 4. The molecule has 0 radical (unpaired) electrons. The average Bonchev–Trinajstić information content (AvgIpc) is 2.24. The van der Waals surface area contributed by atoms with Crippen molar-refractivity contribution >= 4 is 17.6 Å². The molecular formula is C11H11ClF2O3. The van der Waals surface area contributed by atoms with E-state index in [-0.39, 0.29) is 11.6 Å². The van der Waals surface area contributed by atoms with E-state index in [1.165, 1.54) is 0 Å². The van der Waals surface area contributed by atoms with Crippen molar-refractivity contribution in [2.45, 2.75) is 19.4 Å². The fraction of sp³-hybridized carbons (Fsp3) is 0.364. The number of aliphatic hydroxyl groups is 1. The van der Waals surface area contributed by atoms with Crippen LogP contribution in [0.4, 0.5) is 8.78 Å². The van der Waals surface area contributed by atoms with Crippen molar-refractivity contribution in [3.05, 3.63) is 34.4 Å². The van der Waals surface area contributed by atoms with Gasteiger partial charge in [0.15, 0.2) is 5.82 Å². The van der Waals surface area contributed by atoms with Crippen molar-refractivity contribution in [2.24, 2.45) is 0 Å². The lowest BCUT2D eigenvalue weighted by Gasteiger charge is -2.12. The highest BCUT2D eigenvalue weighted by Crippen LogP contribution is 2.28. The van der Waals surface area contributed by atoms with E-state index in [2.05, 4.69) is 4.74 Å². The second-order valence-electron chi connectivity index (χ2n) is 3.28. The number of esters is 1. The predicted octanol–water partition coefficient (Wildman–Crippen LogP) is 2.60. The van der Waals surface area contributed by atoms with Crippen molar-refractivity contribution < 1.29 is 23.4 Å². The van der Waals surface area contributed by atoms with Crippen molar-refractivity contribution in [1.82, 2.24) is 0 Å². The maximum Gasteiger partial charge on any atom is 0.308 e. The second-order valence-corrected chi connectivity index (χ2v) is 3.69. The summed E-state index contributed by atoms with van der Waals surface area (Å²) in [5, 5.41) is 9.25. The standard InChI is InChI=1S/C11H11ClF2O3/c1-2-17-9(16)5-8(15)10-7(13)4-3-6(12)11(10)14/h3-4,8,15H,2,5H2,1H3. The van der Waals surface area contributed by atoms with Crippen LogP contribution in [-0.2, 0) is 9.53 Å². The molecule has 1 N–H and O–H groups in total. The van der Waals surface area contributed by atoms with E-state index >= 15 is 0 Å². The van der Waals surface area contributed by atoms with Gasteiger partial charge in [-0.25, -0.2) is 8.78 Å². The lowest BCUT2D eigenvalue weighted by molar-refractivity contribution is -0.145. The average molecular weight is 265 g/mol. The Morgan fingerprint density at radius 3 is 2.76 bits per heavy atom. The summed E-state index contributed by atoms with van der Waals surface area (Å²) in [6.45, 7) is 1.72. The third-order valence-electron chi connectivity index (χ3n) is 2.08. The maximum atomic E-state index is 13.5. The largest absolute Gasteiger partial charge is 0.466 e. The monoisotopic (exact) mass is 264 g/mol. The van der Waals surface area contributed by atoms with E-state index in [0.29, 0.717) is 0 Å². The van der Waals surface area contributed by atoms with E-state index in [4.69, 9.17) is 11.6 Å². The molecule has 1 atom stereocenters. The van der Waals surface area contributed by atoms with Crippen LogP contribution in [0.2, 0.25) is 5.02 Å². The maximum absolute atomic E-state index is 13.5. The Morgan fingerprint density at radius 1 is 1.53 bits per heavy atom. The summed E-state index contributed by atoms with van der Waals surface area (Å²) in [5.74, 6) is -2.76. The molecule has 0 aliphatic carbocycles. The summed E-state index contributed by atoms with van der Waals surface area (Å²) < 4.78 is 31.3. The van der Waals surface area contributed by atoms with Crippen LogP contribution in [-0.4, -0.2) is 17.7 Å². The van der Waals surface area contributed by atoms with Gasteiger partial charge >= 0.3 is 5.97 Å². The first kappa shape index (κ1) is 13.9. The van der Waals surface area contributed by atoms with E-state index in [9.17, 15) is 18.7 Å². The molecule has 0 spiro atoms. The van der Waals surface area contributed by atoms with Crippen LogP contribution in [0.25, 0.3) is 0 Å². The van der Waals surface area contributed by atoms with Crippen LogP contribution in [0, 0.1) is 11.6 Å². The second kappa shape index (κ2) is 5.93. The fourth-order valence-electron chi connectivity index (χ4n) is 1.33. The minimum Gasteiger partial charge on any atom is -0.466 e. The minimum absolute atomic E-state index is 0.131. The summed E-state index contributed by atoms with van der Waals surface area (Å²) in [5.41, 5.74) is -0.620. The van der Waals surface area contributed by atoms with Gasteiger partial charge in [0.05, 0.1) is 29.7 Å². The number of ether oxygens (including phenoxy) is 1. The summed E-state index contributed by atoms with van der Waals surface area (Å²) in [6.07, 6.45) is -2.14. The van der Waals surface area contributed by atoms with Gasteiger partial charge in [-0.1, -0.05) is 11.6 Å². The Balaban J connectivity index is 2.92. The highest BCUT2D eigenvalue weighted by Gasteiger charge is 2.23. The molecule has 0 saturated heterocycles. The first-order valence-corrected chi connectivity index (χ1v) is 5.32. The number of carbonyl (C=O) groups excluding carboxylic acids is 1. The van der Waals surface area contributed by atoms with Crippen molar-refractivity contribution in [3.8, 4) is 0 Å². The summed E-state index contributed by atoms with van der Waals surface area (Å²) in [7, 11) is 0. The van der Waals surface area contributed by atoms with Gasteiger partial charge in [-0.05, 0) is 19.1 Å². The quantitative estimate of drug-likeness (QED) is 0.672. The first-order valence-electron chi connectivity index (χ1n) is 4.94. The molecule has 0 saturated carbocycles. The topological polar surface area (TPSA) is 46.5 Å². The Kier molecular flexibility index (Phi) is 4.84. The zero-order valence-electron chi connectivity index (χ0n) is 9.04. The molecule has 0 aliphatic heterocycles. The fourth-order valence-corrected chi connectivity index (χ4v) is 1.49. The molecule has 0 fully saturated rings. The molecule has 6 heteroatoms. The van der Waals surface area contributed by atoms with Gasteiger partial charge in [-0.2, -0.15) is 0 Å². The van der Waals surface area contributed by atoms with E-state index < -0.39 is 35.7 Å². The summed E-state index contributed by atoms with van der Waals surface area (Å²) in [6, 6.07) is 1.96. The third kappa shape index (κ3) is 3.38. The SMILES string of the molecule is CCOC(=O)CC(O)c1c(F)ccc(Cl)c1F. The molecule has 94 valence electrons. The molecule has 0 aliphatic rings. The molecule has 17 heavy (non-hydrogen) atoms. The van der Waals surface area contributed by atoms with E-state index in [1.807, 2.05) is 0 Å².